The fourth-order valence-electron chi connectivity index (χ4n) is 3.20. The van der Waals surface area contributed by atoms with Gasteiger partial charge in [0.2, 0.25) is 0 Å². The molecule has 3 aromatic rings. The number of rotatable bonds is 3. The van der Waals surface area contributed by atoms with Gasteiger partial charge in [-0.1, -0.05) is 39.1 Å². The van der Waals surface area contributed by atoms with E-state index in [1.165, 1.54) is 6.07 Å². The predicted molar refractivity (Wildman–Crippen MR) is 105 cm³/mol. The monoisotopic (exact) mass is 457 g/mol. The lowest BCUT2D eigenvalue weighted by Crippen LogP contribution is -2.39. The molecular formula is C18H15BrCl2FN3O. The van der Waals surface area contributed by atoms with Crippen LogP contribution in [0.1, 0.15) is 5.69 Å². The first-order valence-electron chi connectivity index (χ1n) is 8.16. The van der Waals surface area contributed by atoms with E-state index in [0.29, 0.717) is 38.9 Å². The third-order valence-electron chi connectivity index (χ3n) is 4.36. The third kappa shape index (κ3) is 3.49. The van der Waals surface area contributed by atoms with Gasteiger partial charge < -0.3 is 14.5 Å². The molecule has 8 heteroatoms. The van der Waals surface area contributed by atoms with E-state index in [2.05, 4.69) is 26.2 Å². The number of fused-ring (bicyclic) bond motifs is 1. The maximum atomic E-state index is 14.7. The predicted octanol–water partition coefficient (Wildman–Crippen LogP) is 4.74. The summed E-state index contributed by atoms with van der Waals surface area (Å²) in [5.41, 5.74) is 2.28. The van der Waals surface area contributed by atoms with Crippen LogP contribution in [0.2, 0.25) is 10.0 Å². The normalized spacial score (nSPS) is 17.8. The van der Waals surface area contributed by atoms with Crippen LogP contribution in [-0.4, -0.2) is 35.2 Å². The van der Waals surface area contributed by atoms with Crippen LogP contribution < -0.4 is 5.32 Å². The number of nitrogens with zero attached hydrogens (tertiary/aromatic N) is 2. The first-order valence-corrected chi connectivity index (χ1v) is 9.71. The van der Waals surface area contributed by atoms with Crippen LogP contribution in [0.5, 0.6) is 0 Å². The highest BCUT2D eigenvalue weighted by atomic mass is 79.9. The lowest BCUT2D eigenvalue weighted by molar-refractivity contribution is 0.0286. The van der Waals surface area contributed by atoms with Crippen molar-refractivity contribution in [2.45, 2.75) is 12.5 Å². The maximum Gasteiger partial charge on any atom is 0.139 e. The van der Waals surface area contributed by atoms with Gasteiger partial charge in [-0.05, 0) is 18.2 Å². The van der Waals surface area contributed by atoms with Gasteiger partial charge in [0.1, 0.15) is 11.5 Å². The lowest BCUT2D eigenvalue weighted by Gasteiger charge is -2.24. The molecule has 1 saturated heterocycles. The van der Waals surface area contributed by atoms with Gasteiger partial charge in [-0.15, -0.1) is 0 Å². The standard InChI is InChI=1S/C18H15BrCl2FN3O/c19-10-5-13(21)17(14(22)6-10)18-15(8-12-9-23-2-4-26-12)25-3-1-11(20)7-16(25)24-18/h1,3,5-7,12,23H,2,4,8-9H2. The van der Waals surface area contributed by atoms with Gasteiger partial charge in [-0.3, -0.25) is 0 Å². The molecule has 2 aromatic heterocycles. The summed E-state index contributed by atoms with van der Waals surface area (Å²) in [6.45, 7) is 2.21. The smallest absolute Gasteiger partial charge is 0.139 e. The largest absolute Gasteiger partial charge is 0.375 e. The second kappa shape index (κ2) is 7.44. The van der Waals surface area contributed by atoms with Crippen molar-refractivity contribution in [3.63, 3.8) is 0 Å². The molecule has 1 aromatic carbocycles. The quantitative estimate of drug-likeness (QED) is 0.616. The van der Waals surface area contributed by atoms with Crippen LogP contribution in [-0.2, 0) is 11.2 Å². The molecule has 0 amide bonds. The van der Waals surface area contributed by atoms with Gasteiger partial charge in [-0.2, -0.15) is 0 Å². The van der Waals surface area contributed by atoms with Crippen LogP contribution in [0, 0.1) is 5.82 Å². The van der Waals surface area contributed by atoms with Gasteiger partial charge in [0.05, 0.1) is 34.7 Å². The zero-order chi connectivity index (χ0) is 18.3. The topological polar surface area (TPSA) is 38.6 Å². The molecule has 136 valence electrons. The third-order valence-corrected chi connectivity index (χ3v) is 5.35. The molecule has 0 radical (unpaired) electrons. The molecule has 0 aliphatic carbocycles. The molecule has 1 unspecified atom stereocenters. The number of benzene rings is 1. The van der Waals surface area contributed by atoms with Crippen LogP contribution in [0.15, 0.2) is 34.9 Å². The number of pyridine rings is 1. The second-order valence-corrected chi connectivity index (χ2v) is 7.89. The minimum Gasteiger partial charge on any atom is -0.375 e. The number of nitrogens with one attached hydrogen (secondary N) is 1. The Bertz CT molecular complexity index is 949. The summed E-state index contributed by atoms with van der Waals surface area (Å²) in [4.78, 5) is 4.62. The van der Waals surface area contributed by atoms with Crippen molar-refractivity contribution in [2.24, 2.45) is 0 Å². The van der Waals surface area contributed by atoms with E-state index in [-0.39, 0.29) is 11.7 Å². The maximum absolute atomic E-state index is 14.7. The Hall–Kier alpha value is -1.18. The van der Waals surface area contributed by atoms with E-state index >= 15 is 0 Å². The zero-order valence-corrected chi connectivity index (χ0v) is 16.7. The molecule has 1 fully saturated rings. The molecule has 0 spiro atoms. The summed E-state index contributed by atoms with van der Waals surface area (Å²) in [5.74, 6) is -0.428. The number of hydrogen-bond acceptors (Lipinski definition) is 3. The molecule has 1 atom stereocenters. The Balaban J connectivity index is 1.89. The van der Waals surface area contributed by atoms with Crippen LogP contribution >= 0.6 is 39.1 Å². The summed E-state index contributed by atoms with van der Waals surface area (Å²) < 4.78 is 23.1. The van der Waals surface area contributed by atoms with E-state index in [9.17, 15) is 4.39 Å². The summed E-state index contributed by atoms with van der Waals surface area (Å²) in [6, 6.07) is 6.59. The molecule has 3 heterocycles. The number of imidazole rings is 1. The van der Waals surface area contributed by atoms with E-state index < -0.39 is 5.82 Å². The van der Waals surface area contributed by atoms with E-state index in [0.717, 1.165) is 18.8 Å². The molecule has 0 bridgehead atoms. The number of hydrogen-bond donors (Lipinski definition) is 1. The van der Waals surface area contributed by atoms with E-state index in [1.54, 1.807) is 18.2 Å². The molecule has 4 nitrogen and oxygen atoms in total. The number of morpholine rings is 1. The highest BCUT2D eigenvalue weighted by Gasteiger charge is 2.24. The van der Waals surface area contributed by atoms with Gasteiger partial charge in [0.15, 0.2) is 0 Å². The summed E-state index contributed by atoms with van der Waals surface area (Å²) >= 11 is 15.7. The van der Waals surface area contributed by atoms with Crippen molar-refractivity contribution in [1.82, 2.24) is 14.7 Å². The highest BCUT2D eigenvalue weighted by Crippen LogP contribution is 2.36. The summed E-state index contributed by atoms with van der Waals surface area (Å²) in [6.07, 6.45) is 2.40. The van der Waals surface area contributed by atoms with Crippen molar-refractivity contribution < 1.29 is 9.13 Å². The van der Waals surface area contributed by atoms with Crippen LogP contribution in [0.3, 0.4) is 0 Å². The first-order chi connectivity index (χ1) is 12.5. The molecule has 1 aliphatic rings. The van der Waals surface area contributed by atoms with Crippen molar-refractivity contribution in [1.29, 1.82) is 0 Å². The second-order valence-electron chi connectivity index (χ2n) is 6.13. The Morgan fingerprint density at radius 2 is 2.19 bits per heavy atom. The average molecular weight is 459 g/mol. The van der Waals surface area contributed by atoms with Gasteiger partial charge >= 0.3 is 0 Å². The summed E-state index contributed by atoms with van der Waals surface area (Å²) in [5, 5.41) is 4.18. The molecule has 1 N–H and O–H groups in total. The first kappa shape index (κ1) is 18.2. The van der Waals surface area contributed by atoms with Crippen molar-refractivity contribution in [2.75, 3.05) is 19.7 Å². The molecule has 26 heavy (non-hydrogen) atoms. The van der Waals surface area contributed by atoms with Crippen molar-refractivity contribution in [3.05, 3.63) is 56.5 Å². The van der Waals surface area contributed by atoms with Gasteiger partial charge in [-0.25, -0.2) is 9.37 Å². The fourth-order valence-corrected chi connectivity index (χ4v) is 4.21. The minimum atomic E-state index is -0.428. The number of aromatic nitrogens is 2. The van der Waals surface area contributed by atoms with Gasteiger partial charge in [0.25, 0.3) is 0 Å². The van der Waals surface area contributed by atoms with Crippen LogP contribution in [0.4, 0.5) is 4.39 Å². The fraction of sp³-hybridized carbons (Fsp3) is 0.278. The highest BCUT2D eigenvalue weighted by molar-refractivity contribution is 9.10. The Morgan fingerprint density at radius 1 is 1.35 bits per heavy atom. The molecule has 0 saturated carbocycles. The molecular weight excluding hydrogens is 444 g/mol. The van der Waals surface area contributed by atoms with E-state index in [1.807, 2.05) is 10.6 Å². The minimum absolute atomic E-state index is 0.0182. The number of halogens is 4. The lowest BCUT2D eigenvalue weighted by atomic mass is 10.0. The van der Waals surface area contributed by atoms with Crippen molar-refractivity contribution >= 4 is 44.8 Å². The Labute approximate surface area is 168 Å². The zero-order valence-electron chi connectivity index (χ0n) is 13.6. The summed E-state index contributed by atoms with van der Waals surface area (Å²) in [7, 11) is 0. The number of ether oxygens (including phenoxy) is 1. The van der Waals surface area contributed by atoms with Crippen LogP contribution in [0.25, 0.3) is 16.9 Å². The Morgan fingerprint density at radius 3 is 2.92 bits per heavy atom. The average Bonchev–Trinajstić information content (AvgIpc) is 2.92. The molecule has 1 aliphatic heterocycles. The van der Waals surface area contributed by atoms with Crippen molar-refractivity contribution in [3.8, 4) is 11.3 Å². The van der Waals surface area contributed by atoms with Gasteiger partial charge in [0, 0.05) is 41.3 Å². The Kier molecular flexibility index (Phi) is 5.21. The molecule has 4 rings (SSSR count). The van der Waals surface area contributed by atoms with E-state index in [4.69, 9.17) is 27.9 Å². The SMILES string of the molecule is Fc1cc(Br)cc(Cl)c1-c1nc2cc(Cl)ccn2c1CC1CNCCO1.